The van der Waals surface area contributed by atoms with Crippen LogP contribution in [0.15, 0.2) is 54.6 Å². The molecule has 0 saturated heterocycles. The third-order valence-electron chi connectivity index (χ3n) is 11.9. The molecular weight excluding hydrogens is 973 g/mol. The molecule has 73 heavy (non-hydrogen) atoms. The number of carboxylic acids is 1. The molecule has 1 aromatic heterocycles. The number of rotatable bonds is 18. The number of carbonyl (C=O) groups is 5. The van der Waals surface area contributed by atoms with E-state index in [1.165, 1.54) is 44.2 Å². The van der Waals surface area contributed by atoms with E-state index >= 15 is 0 Å². The van der Waals surface area contributed by atoms with E-state index in [9.17, 15) is 57.9 Å². The summed E-state index contributed by atoms with van der Waals surface area (Å²) in [6, 6.07) is 6.56. The Labute approximate surface area is 421 Å². The number of carboxylic acid groups (broad SMARTS) is 1. The molecule has 24 nitrogen and oxygen atoms in total. The fraction of sp³-hybridized carbons (Fsp3) is 0.417. The van der Waals surface area contributed by atoms with Gasteiger partial charge < -0.3 is 73.1 Å². The molecule has 1 aliphatic heterocycles. The average molecular weight is 1040 g/mol. The number of hydrogen-bond acceptors (Lipinski definition) is 17. The van der Waals surface area contributed by atoms with Crippen LogP contribution >= 0.6 is 0 Å². The molecule has 25 heteroatoms. The third kappa shape index (κ3) is 14.2. The Morgan fingerprint density at radius 1 is 0.890 bits per heavy atom. The fourth-order valence-corrected chi connectivity index (χ4v) is 8.26. The highest BCUT2D eigenvalue weighted by Crippen LogP contribution is 2.45. The summed E-state index contributed by atoms with van der Waals surface area (Å²) < 4.78 is 38.4. The number of aryl methyl sites for hydroxylation is 1. The van der Waals surface area contributed by atoms with Crippen LogP contribution in [0.3, 0.4) is 0 Å². The van der Waals surface area contributed by atoms with Crippen molar-refractivity contribution < 1.29 is 67.4 Å². The van der Waals surface area contributed by atoms with Crippen molar-refractivity contribution in [3.05, 3.63) is 88.1 Å². The maximum absolute atomic E-state index is 15.0. The van der Waals surface area contributed by atoms with Gasteiger partial charge in [-0.25, -0.2) is 9.93 Å². The van der Waals surface area contributed by atoms with Crippen molar-refractivity contribution in [3.8, 4) is 45.4 Å². The Morgan fingerprint density at radius 3 is 2.11 bits per heavy atom. The van der Waals surface area contributed by atoms with Gasteiger partial charge in [-0.2, -0.15) is 13.1 Å². The Balaban J connectivity index is 1.69. The number of nitrogens with one attached hydrogen (secondary N) is 4. The minimum Gasteiger partial charge on any atom is -0.507 e. The number of phenolic OH excluding ortho intramolecular Hbond substituents is 2. The van der Waals surface area contributed by atoms with Crippen LogP contribution in [0, 0.1) is 6.92 Å². The van der Waals surface area contributed by atoms with Gasteiger partial charge in [0.15, 0.2) is 11.5 Å². The minimum absolute atomic E-state index is 0.000421. The molecule has 0 fully saturated rings. The van der Waals surface area contributed by atoms with E-state index in [1.54, 1.807) is 12.1 Å². The second kappa shape index (κ2) is 23.7. The molecule has 0 radical (unpaired) electrons. The number of carbonyl (C=O) groups excluding carboxylic acids is 4. The number of likely N-dealkylation sites (N-methyl/N-ethyl adjacent to an activating group) is 1. The van der Waals surface area contributed by atoms with Crippen LogP contribution in [-0.2, 0) is 47.8 Å². The Kier molecular flexibility index (Phi) is 18.5. The quantitative estimate of drug-likeness (QED) is 0.0569. The molecule has 0 spiro atoms. The van der Waals surface area contributed by atoms with Crippen LogP contribution in [0.5, 0.6) is 23.0 Å². The fourth-order valence-electron chi connectivity index (χ4n) is 7.86. The first-order valence-electron chi connectivity index (χ1n) is 22.9. The summed E-state index contributed by atoms with van der Waals surface area (Å²) in [6.45, 7) is 6.21. The summed E-state index contributed by atoms with van der Waals surface area (Å²) >= 11 is 0. The molecule has 3 aromatic carbocycles. The zero-order valence-corrected chi connectivity index (χ0v) is 41.9. The molecule has 4 amide bonds. The molecule has 2 heterocycles. The maximum Gasteiger partial charge on any atom is 0.326 e. The molecule has 4 bridgehead atoms. The largest absolute Gasteiger partial charge is 0.507 e. The van der Waals surface area contributed by atoms with E-state index in [0.717, 1.165) is 23.6 Å². The standard InChI is InChI=1S/C48H64N10O14S/c1-23-40(27(17-49)14-34(54-23)31-9-8-28(16-37(31)61)48(3,4)5)44(64)57-36(20-53-73(52,69)70)46(66)58(6)41-26-13-33(42(62)39(15-26)72-22-30(60)19-51)32-11-25(7-10-38(32)71-21-29(59)18-50)12-35(47(67)68)56-43(63)24(2)55-45(41)65/h7-11,13-16,24,29-30,35-36,41,53,59-62H,12,17-22,49-51H2,1-6H3,(H,55,65)(H,56,63)(H,57,64)(H,67,68)(H2,52,69,70)/t24-,29+,30+,35-,36-,41-/m0/s1. The molecule has 4 aromatic rings. The highest BCUT2D eigenvalue weighted by Gasteiger charge is 2.38. The SMILES string of the molecule is Cc1nc(-c2ccc(C(C)(C)C)cc2O)cc(CN)c1C(=O)N[C@@H](CNS(N)(=O)=O)C(=O)N(C)[C@@H]1C(=O)N[C@@H](C)C(=O)N[C@H](C(=O)O)Cc2ccc(OC[C@H](O)CN)c(c2)-c2cc1cc(OC[C@H](O)CN)c2O. The molecule has 6 atom stereocenters. The number of ether oxygens (including phenoxy) is 2. The van der Waals surface area contributed by atoms with E-state index in [1.807, 2.05) is 31.6 Å². The van der Waals surface area contributed by atoms with Crippen LogP contribution in [0.25, 0.3) is 22.4 Å². The zero-order chi connectivity index (χ0) is 54.3. The van der Waals surface area contributed by atoms with Crippen molar-refractivity contribution >= 4 is 39.8 Å². The van der Waals surface area contributed by atoms with Gasteiger partial charge in [-0.05, 0) is 84.0 Å². The number of aliphatic hydroxyl groups excluding tert-OH is 2. The summed E-state index contributed by atoms with van der Waals surface area (Å²) in [4.78, 5) is 75.6. The van der Waals surface area contributed by atoms with Gasteiger partial charge in [0.2, 0.25) is 17.7 Å². The summed E-state index contributed by atoms with van der Waals surface area (Å²) in [5.41, 5.74) is 18.8. The zero-order valence-electron chi connectivity index (χ0n) is 41.1. The van der Waals surface area contributed by atoms with Crippen LogP contribution in [0.2, 0.25) is 0 Å². The van der Waals surface area contributed by atoms with Gasteiger partial charge in [0.05, 0.1) is 17.0 Å². The lowest BCUT2D eigenvalue weighted by atomic mass is 9.86. The van der Waals surface area contributed by atoms with Gasteiger partial charge in [0.25, 0.3) is 16.1 Å². The highest BCUT2D eigenvalue weighted by atomic mass is 32.2. The highest BCUT2D eigenvalue weighted by molar-refractivity contribution is 7.87. The molecule has 0 saturated carbocycles. The Bertz CT molecular complexity index is 2840. The van der Waals surface area contributed by atoms with Gasteiger partial charge in [0.1, 0.15) is 61.1 Å². The van der Waals surface area contributed by atoms with E-state index in [4.69, 9.17) is 31.8 Å². The van der Waals surface area contributed by atoms with Crippen molar-refractivity contribution in [3.63, 3.8) is 0 Å². The van der Waals surface area contributed by atoms with Gasteiger partial charge in [-0.15, -0.1) is 0 Å². The van der Waals surface area contributed by atoms with E-state index in [-0.39, 0.29) is 94.5 Å². The average Bonchev–Trinajstić information content (AvgIpc) is 3.32. The number of aliphatic carboxylic acids is 1. The first-order valence-corrected chi connectivity index (χ1v) is 24.5. The summed E-state index contributed by atoms with van der Waals surface area (Å²) in [5, 5.41) is 66.5. The topological polar surface area (TPSA) is 407 Å². The van der Waals surface area contributed by atoms with Crippen LogP contribution in [0.1, 0.15) is 72.0 Å². The number of hydrogen-bond donors (Lipinski definition) is 13. The number of nitrogens with two attached hydrogens (primary N) is 4. The van der Waals surface area contributed by atoms with Crippen LogP contribution in [-0.4, -0.2) is 144 Å². The monoisotopic (exact) mass is 1040 g/mol. The smallest absolute Gasteiger partial charge is 0.326 e. The number of aliphatic hydroxyl groups is 2. The number of amides is 4. The second-order valence-electron chi connectivity index (χ2n) is 18.6. The van der Waals surface area contributed by atoms with Gasteiger partial charge in [-0.1, -0.05) is 32.9 Å². The summed E-state index contributed by atoms with van der Waals surface area (Å²) in [7, 11) is -3.44. The van der Waals surface area contributed by atoms with Crippen molar-refractivity contribution in [2.45, 2.75) is 89.4 Å². The predicted molar refractivity (Wildman–Crippen MR) is 266 cm³/mol. The van der Waals surface area contributed by atoms with Crippen molar-refractivity contribution in [1.82, 2.24) is 30.6 Å². The van der Waals surface area contributed by atoms with Crippen molar-refractivity contribution in [2.75, 3.05) is 39.9 Å². The minimum atomic E-state index is -4.56. The van der Waals surface area contributed by atoms with Gasteiger partial charge in [-0.3, -0.25) is 24.2 Å². The number of fused-ring (bicyclic) bond motifs is 5. The van der Waals surface area contributed by atoms with Crippen molar-refractivity contribution in [1.29, 1.82) is 0 Å². The number of pyridine rings is 1. The molecule has 0 aliphatic carbocycles. The summed E-state index contributed by atoms with van der Waals surface area (Å²) in [6.07, 6.45) is -2.74. The molecular formula is C48H64N10O14S. The lowest BCUT2D eigenvalue weighted by Crippen LogP contribution is -2.57. The lowest BCUT2D eigenvalue weighted by Gasteiger charge is -2.33. The molecule has 5 rings (SSSR count). The Morgan fingerprint density at radius 2 is 1.53 bits per heavy atom. The molecule has 1 aliphatic rings. The number of aromatic hydroxyl groups is 2. The normalized spacial score (nSPS) is 17.5. The lowest BCUT2D eigenvalue weighted by molar-refractivity contribution is -0.143. The number of nitrogens with zero attached hydrogens (tertiary/aromatic N) is 2. The third-order valence-corrected chi connectivity index (χ3v) is 12.5. The molecule has 17 N–H and O–H groups in total. The van der Waals surface area contributed by atoms with E-state index in [2.05, 4.69) is 20.9 Å². The predicted octanol–water partition coefficient (Wildman–Crippen LogP) is -0.990. The number of phenols is 2. The summed E-state index contributed by atoms with van der Waals surface area (Å²) in [5.74, 6) is -6.64. The first-order chi connectivity index (χ1) is 34.2. The van der Waals surface area contributed by atoms with E-state index < -0.39 is 95.1 Å². The second-order valence-corrected chi connectivity index (χ2v) is 19.9. The van der Waals surface area contributed by atoms with Crippen LogP contribution < -0.4 is 52.5 Å². The molecule has 0 unspecified atom stereocenters. The van der Waals surface area contributed by atoms with Gasteiger partial charge >= 0.3 is 5.97 Å². The molecule has 396 valence electrons. The van der Waals surface area contributed by atoms with Gasteiger partial charge in [0, 0.05) is 56.3 Å². The van der Waals surface area contributed by atoms with E-state index in [0.29, 0.717) is 11.1 Å². The Hall–Kier alpha value is -6.97. The van der Waals surface area contributed by atoms with Crippen molar-refractivity contribution in [2.24, 2.45) is 22.3 Å². The number of benzene rings is 3. The maximum atomic E-state index is 15.0. The number of aromatic nitrogens is 1. The first kappa shape index (κ1) is 56.9. The van der Waals surface area contributed by atoms with Crippen LogP contribution in [0.4, 0.5) is 0 Å².